The van der Waals surface area contributed by atoms with Crippen LogP contribution < -0.4 is 5.48 Å². The Hall–Kier alpha value is -2.97. The molecule has 0 aliphatic rings. The molecule has 1 heterocycles. The Bertz CT molecular complexity index is 998. The van der Waals surface area contributed by atoms with E-state index in [1.54, 1.807) is 18.7 Å². The van der Waals surface area contributed by atoms with Crippen molar-refractivity contribution in [1.82, 2.24) is 15.4 Å². The van der Waals surface area contributed by atoms with Gasteiger partial charge in [-0.25, -0.2) is 5.48 Å². The summed E-state index contributed by atoms with van der Waals surface area (Å²) >= 11 is 0. The quantitative estimate of drug-likeness (QED) is 0.165. The number of methoxy groups -OCH3 is 1. The lowest BCUT2D eigenvalue weighted by atomic mass is 10.1. The minimum absolute atomic E-state index is 0.550. The van der Waals surface area contributed by atoms with Crippen molar-refractivity contribution >= 4 is 22.9 Å². The van der Waals surface area contributed by atoms with Gasteiger partial charge in [0, 0.05) is 49.9 Å². The van der Waals surface area contributed by atoms with E-state index in [1.807, 2.05) is 18.2 Å². The van der Waals surface area contributed by atoms with Gasteiger partial charge < -0.3 is 14.5 Å². The lowest BCUT2D eigenvalue weighted by Gasteiger charge is -2.22. The van der Waals surface area contributed by atoms with Crippen molar-refractivity contribution in [2.75, 3.05) is 40.0 Å². The van der Waals surface area contributed by atoms with Gasteiger partial charge in [0.15, 0.2) is 0 Å². The van der Waals surface area contributed by atoms with E-state index in [-0.39, 0.29) is 0 Å². The summed E-state index contributed by atoms with van der Waals surface area (Å²) in [6, 6.07) is 16.4. The van der Waals surface area contributed by atoms with Crippen molar-refractivity contribution in [2.45, 2.75) is 13.0 Å². The van der Waals surface area contributed by atoms with Crippen LogP contribution in [-0.4, -0.2) is 61.0 Å². The molecule has 7 heteroatoms. The number of nitrogens with zero attached hydrogens (tertiary/aromatic N) is 1. The molecule has 0 unspecified atom stereocenters. The second-order valence-electron chi connectivity index (χ2n) is 7.54. The molecule has 2 aromatic carbocycles. The number of hydrogen-bond acceptors (Lipinski definition) is 5. The molecule has 0 fully saturated rings. The summed E-state index contributed by atoms with van der Waals surface area (Å²) in [6.07, 6.45) is 5.99. The number of amides is 1. The number of H-pyrrole nitrogens is 1. The smallest absolute Gasteiger partial charge is 0.267 e. The van der Waals surface area contributed by atoms with Crippen LogP contribution in [0.1, 0.15) is 16.7 Å². The lowest BCUT2D eigenvalue weighted by molar-refractivity contribution is -0.124. The number of rotatable bonds is 13. The third-order valence-corrected chi connectivity index (χ3v) is 5.28. The molecule has 1 aromatic heterocycles. The van der Waals surface area contributed by atoms with Gasteiger partial charge in [-0.05, 0) is 35.3 Å². The number of ether oxygens (including phenoxy) is 2. The van der Waals surface area contributed by atoms with Crippen LogP contribution in [0.15, 0.2) is 60.8 Å². The maximum absolute atomic E-state index is 11.1. The Morgan fingerprint density at radius 2 is 1.91 bits per heavy atom. The third kappa shape index (κ3) is 7.32. The second kappa shape index (κ2) is 12.8. The fourth-order valence-electron chi connectivity index (χ4n) is 3.53. The highest BCUT2D eigenvalue weighted by Gasteiger charge is 2.09. The normalized spacial score (nSPS) is 11.6. The minimum atomic E-state index is -0.550. The predicted octanol–water partition coefficient (Wildman–Crippen LogP) is 3.39. The van der Waals surface area contributed by atoms with Crippen LogP contribution in [0, 0.1) is 0 Å². The average molecular weight is 438 g/mol. The molecule has 0 spiro atoms. The van der Waals surface area contributed by atoms with Crippen LogP contribution in [0.3, 0.4) is 0 Å². The fraction of sp³-hybridized carbons (Fsp3) is 0.320. The van der Waals surface area contributed by atoms with Crippen LogP contribution in [0.5, 0.6) is 0 Å². The Morgan fingerprint density at radius 1 is 1.09 bits per heavy atom. The Labute approximate surface area is 188 Å². The predicted molar refractivity (Wildman–Crippen MR) is 125 cm³/mol. The van der Waals surface area contributed by atoms with Gasteiger partial charge in [0.05, 0.1) is 19.8 Å². The molecule has 170 valence electrons. The summed E-state index contributed by atoms with van der Waals surface area (Å²) in [5.41, 5.74) is 6.14. The molecule has 3 N–H and O–H groups in total. The van der Waals surface area contributed by atoms with Crippen molar-refractivity contribution in [2.24, 2.45) is 0 Å². The fourth-order valence-corrected chi connectivity index (χ4v) is 3.53. The van der Waals surface area contributed by atoms with E-state index in [0.717, 1.165) is 37.1 Å². The first-order valence-electron chi connectivity index (χ1n) is 10.7. The van der Waals surface area contributed by atoms with Crippen LogP contribution in [0.25, 0.3) is 17.0 Å². The maximum atomic E-state index is 11.1. The molecule has 0 saturated carbocycles. The summed E-state index contributed by atoms with van der Waals surface area (Å²) in [7, 11) is 1.67. The van der Waals surface area contributed by atoms with Gasteiger partial charge in [0.25, 0.3) is 5.91 Å². The van der Waals surface area contributed by atoms with E-state index in [0.29, 0.717) is 19.8 Å². The van der Waals surface area contributed by atoms with Crippen LogP contribution in [0.2, 0.25) is 0 Å². The molecule has 0 saturated heterocycles. The summed E-state index contributed by atoms with van der Waals surface area (Å²) in [4.78, 5) is 16.9. The molecular formula is C25H31N3O4. The molecule has 32 heavy (non-hydrogen) atoms. The van der Waals surface area contributed by atoms with Gasteiger partial charge in [-0.1, -0.05) is 42.5 Å². The van der Waals surface area contributed by atoms with Crippen molar-refractivity contribution < 1.29 is 19.5 Å². The van der Waals surface area contributed by atoms with Gasteiger partial charge in [-0.3, -0.25) is 14.9 Å². The monoisotopic (exact) mass is 437 g/mol. The molecule has 7 nitrogen and oxygen atoms in total. The van der Waals surface area contributed by atoms with Crippen molar-refractivity contribution in [3.8, 4) is 0 Å². The van der Waals surface area contributed by atoms with Gasteiger partial charge in [-0.2, -0.15) is 0 Å². The first kappa shape index (κ1) is 23.7. The summed E-state index contributed by atoms with van der Waals surface area (Å²) < 4.78 is 10.7. The second-order valence-corrected chi connectivity index (χ2v) is 7.54. The topological polar surface area (TPSA) is 86.8 Å². The Morgan fingerprint density at radius 3 is 2.69 bits per heavy atom. The lowest BCUT2D eigenvalue weighted by Crippen LogP contribution is -2.29. The number of benzene rings is 2. The number of carbonyl (C=O) groups excluding carboxylic acids is 1. The molecular weight excluding hydrogens is 406 g/mol. The average Bonchev–Trinajstić information content (AvgIpc) is 3.24. The molecule has 3 rings (SSSR count). The number of hydroxylamine groups is 1. The summed E-state index contributed by atoms with van der Waals surface area (Å²) in [5.74, 6) is -0.550. The van der Waals surface area contributed by atoms with E-state index >= 15 is 0 Å². The van der Waals surface area contributed by atoms with Gasteiger partial charge in [-0.15, -0.1) is 0 Å². The zero-order chi connectivity index (χ0) is 22.6. The number of fused-ring (bicyclic) bond motifs is 1. The zero-order valence-electron chi connectivity index (χ0n) is 18.4. The summed E-state index contributed by atoms with van der Waals surface area (Å²) in [6.45, 7) is 4.37. The maximum Gasteiger partial charge on any atom is 0.267 e. The van der Waals surface area contributed by atoms with Crippen molar-refractivity contribution in [3.05, 3.63) is 77.5 Å². The molecule has 0 radical (unpaired) electrons. The first-order chi connectivity index (χ1) is 15.7. The Balaban J connectivity index is 1.61. The van der Waals surface area contributed by atoms with Crippen molar-refractivity contribution in [3.63, 3.8) is 0 Å². The summed E-state index contributed by atoms with van der Waals surface area (Å²) in [5, 5.41) is 9.85. The third-order valence-electron chi connectivity index (χ3n) is 5.28. The zero-order valence-corrected chi connectivity index (χ0v) is 18.4. The highest BCUT2D eigenvalue weighted by Crippen LogP contribution is 2.19. The number of aromatic nitrogens is 1. The number of nitrogens with one attached hydrogen (secondary N) is 2. The molecule has 0 aliphatic carbocycles. The van der Waals surface area contributed by atoms with Crippen molar-refractivity contribution in [1.29, 1.82) is 0 Å². The molecule has 0 aliphatic heterocycles. The Kier molecular flexibility index (Phi) is 9.46. The van der Waals surface area contributed by atoms with Crippen LogP contribution in [0.4, 0.5) is 0 Å². The number of aromatic amines is 1. The molecule has 1 amide bonds. The van der Waals surface area contributed by atoms with E-state index in [4.69, 9.17) is 14.7 Å². The van der Waals surface area contributed by atoms with E-state index in [1.165, 1.54) is 22.6 Å². The molecule has 0 atom stereocenters. The van der Waals surface area contributed by atoms with E-state index in [2.05, 4.69) is 46.4 Å². The number of carbonyl (C=O) groups is 1. The molecule has 3 aromatic rings. The van der Waals surface area contributed by atoms with Gasteiger partial charge in [0.2, 0.25) is 0 Å². The minimum Gasteiger partial charge on any atom is -0.382 e. The van der Waals surface area contributed by atoms with Crippen LogP contribution >= 0.6 is 0 Å². The van der Waals surface area contributed by atoms with Gasteiger partial charge >= 0.3 is 0 Å². The number of hydrogen-bond donors (Lipinski definition) is 3. The highest BCUT2D eigenvalue weighted by molar-refractivity contribution is 5.90. The van der Waals surface area contributed by atoms with Gasteiger partial charge in [0.1, 0.15) is 0 Å². The standard InChI is InChI=1S/C25H31N3O4/c1-31-16-17-32-15-14-28(13-12-22-18-26-24-5-3-2-4-23(22)24)19-21-8-6-20(7-9-21)10-11-25(29)27-30/h2-11,18,26,30H,12-17,19H2,1H3,(H,27,29)/b11-10+. The SMILES string of the molecule is COCCOCCN(CCc1c[nH]c2ccccc12)Cc1ccc(/C=C/C(=O)NO)cc1. The molecule has 0 bridgehead atoms. The largest absolute Gasteiger partial charge is 0.382 e. The van der Waals surface area contributed by atoms with Crippen LogP contribution in [-0.2, 0) is 27.2 Å². The van der Waals surface area contributed by atoms with E-state index in [9.17, 15) is 4.79 Å². The first-order valence-corrected chi connectivity index (χ1v) is 10.7. The number of para-hydroxylation sites is 1. The van der Waals surface area contributed by atoms with E-state index < -0.39 is 5.91 Å². The highest BCUT2D eigenvalue weighted by atomic mass is 16.5.